The van der Waals surface area contributed by atoms with Crippen LogP contribution in [0.4, 0.5) is 5.69 Å². The average molecular weight is 261 g/mol. The predicted molar refractivity (Wildman–Crippen MR) is 77.1 cm³/mol. The third-order valence-corrected chi connectivity index (χ3v) is 3.22. The number of nitrogens with zero attached hydrogens (tertiary/aromatic N) is 2. The fraction of sp³-hybridized carbons (Fsp3) is 0.267. The lowest BCUT2D eigenvalue weighted by molar-refractivity contribution is 0.908. The van der Waals surface area contributed by atoms with Gasteiger partial charge >= 0.3 is 0 Å². The summed E-state index contributed by atoms with van der Waals surface area (Å²) in [6.07, 6.45) is 3.69. The zero-order chi connectivity index (χ0) is 13.0. The third-order valence-electron chi connectivity index (χ3n) is 2.93. The first-order chi connectivity index (χ1) is 8.70. The van der Waals surface area contributed by atoms with E-state index in [0.717, 1.165) is 6.54 Å². The van der Waals surface area contributed by atoms with Crippen molar-refractivity contribution in [2.24, 2.45) is 0 Å². The van der Waals surface area contributed by atoms with E-state index in [1.807, 2.05) is 12.3 Å². The second-order valence-electron chi connectivity index (χ2n) is 4.48. The van der Waals surface area contributed by atoms with Crippen LogP contribution < -0.4 is 4.90 Å². The summed E-state index contributed by atoms with van der Waals surface area (Å²) >= 11 is 6.01. The van der Waals surface area contributed by atoms with Crippen LogP contribution in [0.3, 0.4) is 0 Å². The van der Waals surface area contributed by atoms with E-state index in [-0.39, 0.29) is 0 Å². The highest BCUT2D eigenvalue weighted by atomic mass is 35.5. The average Bonchev–Trinajstić information content (AvgIpc) is 2.39. The Kier molecular flexibility index (Phi) is 4.21. The van der Waals surface area contributed by atoms with Crippen molar-refractivity contribution in [3.05, 3.63) is 59.4 Å². The van der Waals surface area contributed by atoms with Crippen LogP contribution in [0.2, 0.25) is 0 Å². The maximum Gasteiger partial charge on any atom is 0.0494 e. The van der Waals surface area contributed by atoms with Crippen molar-refractivity contribution < 1.29 is 0 Å². The van der Waals surface area contributed by atoms with Gasteiger partial charge in [0.05, 0.1) is 0 Å². The highest BCUT2D eigenvalue weighted by molar-refractivity contribution is 6.17. The van der Waals surface area contributed by atoms with Crippen molar-refractivity contribution in [3.63, 3.8) is 0 Å². The predicted octanol–water partition coefficient (Wildman–Crippen LogP) is 3.77. The van der Waals surface area contributed by atoms with Gasteiger partial charge in [-0.05, 0) is 30.2 Å². The molecule has 2 rings (SSSR count). The number of halogens is 1. The van der Waals surface area contributed by atoms with Crippen molar-refractivity contribution in [1.29, 1.82) is 0 Å². The monoisotopic (exact) mass is 260 g/mol. The molecule has 0 saturated heterocycles. The summed E-state index contributed by atoms with van der Waals surface area (Å²) in [5.74, 6) is 0.536. The Hall–Kier alpha value is -1.54. The van der Waals surface area contributed by atoms with E-state index in [2.05, 4.69) is 48.1 Å². The Morgan fingerprint density at radius 1 is 1.28 bits per heavy atom. The Morgan fingerprint density at radius 2 is 2.11 bits per heavy atom. The van der Waals surface area contributed by atoms with Crippen LogP contribution in [-0.2, 0) is 12.4 Å². The van der Waals surface area contributed by atoms with Crippen LogP contribution in [0.5, 0.6) is 0 Å². The molecule has 0 aliphatic heterocycles. The molecule has 0 aliphatic rings. The largest absolute Gasteiger partial charge is 0.370 e. The van der Waals surface area contributed by atoms with Gasteiger partial charge in [0.2, 0.25) is 0 Å². The Labute approximate surface area is 113 Å². The number of benzene rings is 1. The molecule has 0 N–H and O–H groups in total. The van der Waals surface area contributed by atoms with Crippen LogP contribution in [0.15, 0.2) is 42.7 Å². The summed E-state index contributed by atoms with van der Waals surface area (Å²) in [5, 5.41) is 0. The molecule has 1 aromatic carbocycles. The standard InChI is InChI=1S/C15H17ClN2/c1-12-5-6-15(14(8-12)9-16)18(2)11-13-4-3-7-17-10-13/h3-8,10H,9,11H2,1-2H3. The van der Waals surface area contributed by atoms with Crippen molar-refractivity contribution in [2.45, 2.75) is 19.3 Å². The summed E-state index contributed by atoms with van der Waals surface area (Å²) in [5.41, 5.74) is 4.78. The number of aromatic nitrogens is 1. The van der Waals surface area contributed by atoms with Gasteiger partial charge in [0.25, 0.3) is 0 Å². The van der Waals surface area contributed by atoms with E-state index >= 15 is 0 Å². The summed E-state index contributed by atoms with van der Waals surface area (Å²) in [7, 11) is 2.08. The van der Waals surface area contributed by atoms with E-state index in [1.54, 1.807) is 6.20 Å². The van der Waals surface area contributed by atoms with Crippen molar-refractivity contribution in [1.82, 2.24) is 4.98 Å². The molecule has 0 unspecified atom stereocenters. The third kappa shape index (κ3) is 3.02. The molecule has 2 nitrogen and oxygen atoms in total. The molecule has 0 amide bonds. The smallest absolute Gasteiger partial charge is 0.0494 e. The molecule has 3 heteroatoms. The van der Waals surface area contributed by atoms with Crippen LogP contribution in [0.1, 0.15) is 16.7 Å². The van der Waals surface area contributed by atoms with Gasteiger partial charge < -0.3 is 4.90 Å². The number of hydrogen-bond donors (Lipinski definition) is 0. The first-order valence-electron chi connectivity index (χ1n) is 5.96. The molecule has 0 bridgehead atoms. The van der Waals surface area contributed by atoms with Gasteiger partial charge in [-0.25, -0.2) is 0 Å². The molecule has 0 atom stereocenters. The van der Waals surface area contributed by atoms with Gasteiger partial charge in [-0.15, -0.1) is 11.6 Å². The molecule has 0 radical (unpaired) electrons. The molecule has 2 aromatic rings. The number of hydrogen-bond acceptors (Lipinski definition) is 2. The molecule has 0 saturated carbocycles. The fourth-order valence-corrected chi connectivity index (χ4v) is 2.26. The molecule has 0 fully saturated rings. The van der Waals surface area contributed by atoms with Gasteiger partial charge in [0, 0.05) is 37.6 Å². The molecule has 1 aromatic heterocycles. The van der Waals surface area contributed by atoms with E-state index in [9.17, 15) is 0 Å². The van der Waals surface area contributed by atoms with E-state index in [4.69, 9.17) is 11.6 Å². The first kappa shape index (κ1) is 12.9. The molecule has 18 heavy (non-hydrogen) atoms. The quantitative estimate of drug-likeness (QED) is 0.778. The van der Waals surface area contributed by atoms with Crippen molar-refractivity contribution >= 4 is 17.3 Å². The molecular weight excluding hydrogens is 244 g/mol. The topological polar surface area (TPSA) is 16.1 Å². The lowest BCUT2D eigenvalue weighted by Crippen LogP contribution is -2.17. The summed E-state index contributed by atoms with van der Waals surface area (Å²) in [4.78, 5) is 6.34. The van der Waals surface area contributed by atoms with Gasteiger partial charge in [0.15, 0.2) is 0 Å². The minimum atomic E-state index is 0.536. The van der Waals surface area contributed by atoms with Crippen LogP contribution in [0.25, 0.3) is 0 Å². The number of pyridine rings is 1. The number of anilines is 1. The number of rotatable bonds is 4. The first-order valence-corrected chi connectivity index (χ1v) is 6.49. The van der Waals surface area contributed by atoms with E-state index in [1.165, 1.54) is 22.4 Å². The van der Waals surface area contributed by atoms with Crippen molar-refractivity contribution in [3.8, 4) is 0 Å². The van der Waals surface area contributed by atoms with Gasteiger partial charge in [0.1, 0.15) is 0 Å². The van der Waals surface area contributed by atoms with Crippen molar-refractivity contribution in [2.75, 3.05) is 11.9 Å². The van der Waals surface area contributed by atoms with E-state index < -0.39 is 0 Å². The normalized spacial score (nSPS) is 10.4. The van der Waals surface area contributed by atoms with Crippen LogP contribution in [-0.4, -0.2) is 12.0 Å². The zero-order valence-corrected chi connectivity index (χ0v) is 11.5. The lowest BCUT2D eigenvalue weighted by atomic mass is 10.1. The van der Waals surface area contributed by atoms with E-state index in [0.29, 0.717) is 5.88 Å². The highest BCUT2D eigenvalue weighted by Gasteiger charge is 2.07. The van der Waals surface area contributed by atoms with Gasteiger partial charge in [-0.3, -0.25) is 4.98 Å². The SMILES string of the molecule is Cc1ccc(N(C)Cc2cccnc2)c(CCl)c1. The van der Waals surface area contributed by atoms with Gasteiger partial charge in [-0.1, -0.05) is 23.8 Å². The lowest BCUT2D eigenvalue weighted by Gasteiger charge is -2.22. The maximum absolute atomic E-state index is 6.01. The second-order valence-corrected chi connectivity index (χ2v) is 4.75. The van der Waals surface area contributed by atoms with Crippen LogP contribution in [0, 0.1) is 6.92 Å². The Morgan fingerprint density at radius 3 is 2.78 bits per heavy atom. The van der Waals surface area contributed by atoms with Gasteiger partial charge in [-0.2, -0.15) is 0 Å². The zero-order valence-electron chi connectivity index (χ0n) is 10.7. The minimum Gasteiger partial charge on any atom is -0.370 e. The molecule has 1 heterocycles. The summed E-state index contributed by atoms with van der Waals surface area (Å²) < 4.78 is 0. The Bertz CT molecular complexity index is 511. The summed E-state index contributed by atoms with van der Waals surface area (Å²) in [6, 6.07) is 10.4. The second kappa shape index (κ2) is 5.87. The molecule has 0 aliphatic carbocycles. The molecule has 0 spiro atoms. The molecular formula is C15H17ClN2. The summed E-state index contributed by atoms with van der Waals surface area (Å²) in [6.45, 7) is 2.92. The minimum absolute atomic E-state index is 0.536. The maximum atomic E-state index is 6.01. The highest BCUT2D eigenvalue weighted by Crippen LogP contribution is 2.23. The molecule has 94 valence electrons. The Balaban J connectivity index is 2.21. The van der Waals surface area contributed by atoms with Crippen LogP contribution >= 0.6 is 11.6 Å². The number of aryl methyl sites for hydroxylation is 1. The fourth-order valence-electron chi connectivity index (χ4n) is 2.04. The number of alkyl halides is 1.